The number of rotatable bonds is 5. The summed E-state index contributed by atoms with van der Waals surface area (Å²) in [6.07, 6.45) is 0. The molecule has 2 rings (SSSR count). The Hall–Kier alpha value is -1.38. The summed E-state index contributed by atoms with van der Waals surface area (Å²) in [5, 5.41) is 0.315. The van der Waals surface area contributed by atoms with Crippen LogP contribution in [-0.4, -0.2) is 22.3 Å². The van der Waals surface area contributed by atoms with Gasteiger partial charge in [-0.1, -0.05) is 23.2 Å². The smallest absolute Gasteiger partial charge is 0.251 e. The summed E-state index contributed by atoms with van der Waals surface area (Å²) in [5.41, 5.74) is -5.82. The Balaban J connectivity index is 2.71. The molecule has 28 heavy (non-hydrogen) atoms. The van der Waals surface area contributed by atoms with E-state index >= 15 is 0 Å². The monoisotopic (exact) mass is 495 g/mol. The van der Waals surface area contributed by atoms with Crippen LogP contribution in [0.5, 0.6) is 0 Å². The van der Waals surface area contributed by atoms with Gasteiger partial charge in [0.1, 0.15) is 0 Å². The van der Waals surface area contributed by atoms with Gasteiger partial charge in [0.05, 0.1) is 14.7 Å². The summed E-state index contributed by atoms with van der Waals surface area (Å²) in [7, 11) is -15.2. The molecule has 0 aliphatic rings. The van der Waals surface area contributed by atoms with Gasteiger partial charge in [0.25, 0.3) is 10.0 Å². The summed E-state index contributed by atoms with van der Waals surface area (Å²) >= 11 is 11.3. The first-order valence-electron chi connectivity index (χ1n) is 6.84. The Morgan fingerprint density at radius 2 is 1.21 bits per heavy atom. The van der Waals surface area contributed by atoms with Gasteiger partial charge in [-0.05, 0) is 48.5 Å². The highest BCUT2D eigenvalue weighted by Crippen LogP contribution is 2.28. The molecular formula is C13H10Cl2F3N3O4S3. The molecule has 0 saturated heterocycles. The molecule has 1 atom stereocenters. The third kappa shape index (κ3) is 5.15. The highest BCUT2D eigenvalue weighted by Gasteiger charge is 2.47. The molecule has 0 fully saturated rings. The standard InChI is InChI=1S/C13H10Cl2F3N3O4S3/c14-9-1-5-11(6-2-9)26(19,21-28(24,25)13(16,17)18)20-27(22,23)12-7-3-10(15)4-8-12/h1-8H,(H2,19,20,21). The Bertz CT molecular complexity index is 1200. The third-order valence-corrected chi connectivity index (χ3v) is 9.47. The minimum absolute atomic E-state index is 0.129. The van der Waals surface area contributed by atoms with Crippen LogP contribution in [0.15, 0.2) is 62.1 Å². The van der Waals surface area contributed by atoms with E-state index in [9.17, 15) is 30.0 Å². The molecule has 1 unspecified atom stereocenters. The summed E-state index contributed by atoms with van der Waals surface area (Å²) < 4.78 is 98.8. The Morgan fingerprint density at radius 3 is 1.61 bits per heavy atom. The van der Waals surface area contributed by atoms with Crippen LogP contribution in [0, 0.1) is 4.78 Å². The first-order valence-corrected chi connectivity index (χ1v) is 12.1. The van der Waals surface area contributed by atoms with Crippen LogP contribution in [0.3, 0.4) is 0 Å². The second-order valence-electron chi connectivity index (χ2n) is 5.07. The Kier molecular flexibility index (Phi) is 6.38. The van der Waals surface area contributed by atoms with Crippen molar-refractivity contribution in [2.24, 2.45) is 3.77 Å². The number of hydrogen-bond acceptors (Lipinski definition) is 5. The predicted octanol–water partition coefficient (Wildman–Crippen LogP) is 4.20. The average molecular weight is 496 g/mol. The van der Waals surface area contributed by atoms with Gasteiger partial charge in [-0.3, -0.25) is 4.78 Å². The molecule has 0 aliphatic heterocycles. The Morgan fingerprint density at radius 1 is 0.821 bits per heavy atom. The number of alkyl halides is 3. The van der Waals surface area contributed by atoms with Crippen molar-refractivity contribution >= 4 is 53.1 Å². The van der Waals surface area contributed by atoms with Crippen LogP contribution in [0.4, 0.5) is 13.2 Å². The zero-order chi connectivity index (χ0) is 21.4. The maximum atomic E-state index is 12.8. The van der Waals surface area contributed by atoms with Gasteiger partial charge in [-0.15, -0.1) is 7.90 Å². The molecule has 0 aromatic heterocycles. The topological polar surface area (TPSA) is 117 Å². The highest BCUT2D eigenvalue weighted by molar-refractivity contribution is 8.10. The highest BCUT2D eigenvalue weighted by atomic mass is 35.5. The van der Waals surface area contributed by atoms with Crippen LogP contribution in [0.25, 0.3) is 0 Å². The first-order chi connectivity index (χ1) is 12.7. The number of hydrogen-bond donors (Lipinski definition) is 2. The van der Waals surface area contributed by atoms with E-state index in [4.69, 9.17) is 28.0 Å². The van der Waals surface area contributed by atoms with Crippen molar-refractivity contribution in [1.82, 2.24) is 4.13 Å². The minimum Gasteiger partial charge on any atom is -0.251 e. The number of sulfonamides is 2. The third-order valence-electron chi connectivity index (χ3n) is 3.01. The normalized spacial score (nSPS) is 15.0. The van der Waals surface area contributed by atoms with E-state index in [1.165, 1.54) is 12.1 Å². The van der Waals surface area contributed by atoms with Crippen LogP contribution < -0.4 is 4.13 Å². The molecule has 0 saturated carbocycles. The van der Waals surface area contributed by atoms with Crippen molar-refractivity contribution < 1.29 is 30.0 Å². The van der Waals surface area contributed by atoms with Gasteiger partial charge >= 0.3 is 15.5 Å². The number of benzene rings is 2. The molecule has 0 radical (unpaired) electrons. The lowest BCUT2D eigenvalue weighted by atomic mass is 10.4. The van der Waals surface area contributed by atoms with Crippen molar-refractivity contribution in [3.05, 3.63) is 58.6 Å². The quantitative estimate of drug-likeness (QED) is 0.646. The van der Waals surface area contributed by atoms with E-state index in [-0.39, 0.29) is 10.0 Å². The molecule has 15 heteroatoms. The lowest BCUT2D eigenvalue weighted by molar-refractivity contribution is -0.0434. The van der Waals surface area contributed by atoms with Crippen molar-refractivity contribution in [1.29, 1.82) is 4.78 Å². The summed E-state index contributed by atoms with van der Waals surface area (Å²) in [6.45, 7) is 0. The predicted molar refractivity (Wildman–Crippen MR) is 99.0 cm³/mol. The second kappa shape index (κ2) is 7.80. The second-order valence-corrected chi connectivity index (χ2v) is 11.7. The van der Waals surface area contributed by atoms with E-state index in [1.807, 2.05) is 0 Å². The van der Waals surface area contributed by atoms with Crippen molar-refractivity contribution in [3.8, 4) is 0 Å². The number of nitrogens with zero attached hydrogens (tertiary/aromatic N) is 1. The number of nitrogens with one attached hydrogen (secondary N) is 2. The average Bonchev–Trinajstić information content (AvgIpc) is 2.53. The van der Waals surface area contributed by atoms with Gasteiger partial charge in [-0.2, -0.15) is 21.6 Å². The van der Waals surface area contributed by atoms with Gasteiger partial charge in [0.2, 0.25) is 0 Å². The lowest BCUT2D eigenvalue weighted by Crippen LogP contribution is -2.32. The summed E-state index contributed by atoms with van der Waals surface area (Å²) in [4.78, 5) is -0.878. The molecule has 2 aromatic carbocycles. The van der Waals surface area contributed by atoms with E-state index in [1.54, 1.807) is 4.13 Å². The number of halogens is 5. The van der Waals surface area contributed by atoms with Crippen molar-refractivity contribution in [2.45, 2.75) is 15.3 Å². The van der Waals surface area contributed by atoms with Gasteiger partial charge in [-0.25, -0.2) is 8.42 Å². The van der Waals surface area contributed by atoms with E-state index in [0.29, 0.717) is 0 Å². The molecule has 0 spiro atoms. The fraction of sp³-hybridized carbons (Fsp3) is 0.0769. The van der Waals surface area contributed by atoms with E-state index < -0.39 is 45.2 Å². The summed E-state index contributed by atoms with van der Waals surface area (Å²) in [5.74, 6) is 0. The lowest BCUT2D eigenvalue weighted by Gasteiger charge is -2.16. The largest absolute Gasteiger partial charge is 0.519 e. The van der Waals surface area contributed by atoms with Gasteiger partial charge in [0, 0.05) is 14.9 Å². The van der Waals surface area contributed by atoms with E-state index in [2.05, 4.69) is 3.77 Å². The fourth-order valence-corrected chi connectivity index (χ4v) is 7.32. The molecule has 0 amide bonds. The van der Waals surface area contributed by atoms with Gasteiger partial charge in [0.15, 0.2) is 0 Å². The molecule has 154 valence electrons. The van der Waals surface area contributed by atoms with Crippen molar-refractivity contribution in [3.63, 3.8) is 0 Å². The van der Waals surface area contributed by atoms with E-state index in [0.717, 1.165) is 36.4 Å². The molecule has 0 bridgehead atoms. The molecule has 0 aliphatic carbocycles. The van der Waals surface area contributed by atoms with Crippen LogP contribution >= 0.6 is 23.2 Å². The Labute approximate surface area is 169 Å². The molecular weight excluding hydrogens is 486 g/mol. The molecule has 7 nitrogen and oxygen atoms in total. The zero-order valence-corrected chi connectivity index (χ0v) is 17.3. The first kappa shape index (κ1) is 22.9. The van der Waals surface area contributed by atoms with Crippen LogP contribution in [-0.2, 0) is 29.9 Å². The summed E-state index contributed by atoms with van der Waals surface area (Å²) in [6, 6.07) is 8.77. The molecule has 2 N–H and O–H groups in total. The maximum absolute atomic E-state index is 12.8. The molecule has 2 aromatic rings. The van der Waals surface area contributed by atoms with Gasteiger partial charge < -0.3 is 0 Å². The van der Waals surface area contributed by atoms with Crippen LogP contribution in [0.1, 0.15) is 0 Å². The maximum Gasteiger partial charge on any atom is 0.519 e. The SMILES string of the molecule is N=S(=NS(=O)(=O)C(F)(F)F)(NS(=O)(=O)c1ccc(Cl)cc1)c1ccc(Cl)cc1. The van der Waals surface area contributed by atoms with Crippen LogP contribution in [0.2, 0.25) is 10.0 Å². The molecule has 0 heterocycles. The zero-order valence-electron chi connectivity index (χ0n) is 13.3. The van der Waals surface area contributed by atoms with Crippen molar-refractivity contribution in [2.75, 3.05) is 0 Å². The minimum atomic E-state index is -6.18. The fourth-order valence-electron chi connectivity index (χ4n) is 1.75.